The summed E-state index contributed by atoms with van der Waals surface area (Å²) in [6.07, 6.45) is 6.29. The molecule has 2 saturated heterocycles. The molecule has 0 radical (unpaired) electrons. The van der Waals surface area contributed by atoms with Crippen LogP contribution in [-0.4, -0.2) is 44.4 Å². The number of nitrogens with one attached hydrogen (secondary N) is 1. The summed E-state index contributed by atoms with van der Waals surface area (Å²) in [5, 5.41) is 3.30. The molecule has 3 aliphatic rings. The number of amides is 1. The maximum atomic E-state index is 12.7. The first-order chi connectivity index (χ1) is 9.75. The number of hydrogen-bond donors (Lipinski definition) is 2. The lowest BCUT2D eigenvalue weighted by molar-refractivity contribution is -0.137. The molecule has 2 heterocycles. The van der Waals surface area contributed by atoms with Crippen LogP contribution in [0.2, 0.25) is 0 Å². The molecule has 1 amide bonds. The third kappa shape index (κ3) is 3.36. The maximum absolute atomic E-state index is 12.7. The average Bonchev–Trinajstić information content (AvgIpc) is 2.97. The summed E-state index contributed by atoms with van der Waals surface area (Å²) in [6.45, 7) is 2.55. The highest BCUT2D eigenvalue weighted by Crippen LogP contribution is 2.36. The highest BCUT2D eigenvalue weighted by Gasteiger charge is 2.43. The highest BCUT2D eigenvalue weighted by atomic mass is 35.5. The van der Waals surface area contributed by atoms with Gasteiger partial charge in [-0.3, -0.25) is 4.79 Å². The Labute approximate surface area is 132 Å². The van der Waals surface area contributed by atoms with Crippen molar-refractivity contribution in [1.29, 1.82) is 0 Å². The molecule has 1 saturated carbocycles. The first kappa shape index (κ1) is 17.0. The van der Waals surface area contributed by atoms with Crippen LogP contribution in [-0.2, 0) is 14.3 Å². The van der Waals surface area contributed by atoms with Gasteiger partial charge in [0.05, 0.1) is 11.5 Å². The van der Waals surface area contributed by atoms with Gasteiger partial charge in [0.25, 0.3) is 0 Å². The van der Waals surface area contributed by atoms with E-state index in [1.165, 1.54) is 0 Å². The molecule has 0 bridgehead atoms. The lowest BCUT2D eigenvalue weighted by Gasteiger charge is -2.39. The number of carbonyl (C=O) groups is 1. The molecule has 3 rings (SSSR count). The zero-order valence-electron chi connectivity index (χ0n) is 12.5. The molecule has 0 aromatic heterocycles. The quantitative estimate of drug-likeness (QED) is 0.821. The van der Waals surface area contributed by atoms with E-state index in [0.29, 0.717) is 31.8 Å². The van der Waals surface area contributed by atoms with Crippen molar-refractivity contribution in [2.24, 2.45) is 17.1 Å². The first-order valence-corrected chi connectivity index (χ1v) is 7.95. The van der Waals surface area contributed by atoms with Gasteiger partial charge in [0.2, 0.25) is 5.91 Å². The third-order valence-electron chi connectivity index (χ3n) is 5.42. The summed E-state index contributed by atoms with van der Waals surface area (Å²) in [7, 11) is 0. The Hall–Kier alpha value is -0.360. The molecule has 3 atom stereocenters. The van der Waals surface area contributed by atoms with Crippen LogP contribution in [0.3, 0.4) is 0 Å². The van der Waals surface area contributed by atoms with Gasteiger partial charge in [-0.25, -0.2) is 0 Å². The molecule has 3 N–H and O–H groups in total. The predicted molar refractivity (Wildman–Crippen MR) is 82.4 cm³/mol. The SMILES string of the molecule is Cl.NCC1(C(=O)NC2CCCC3OCCC23)CCOCC1. The van der Waals surface area contributed by atoms with Gasteiger partial charge >= 0.3 is 0 Å². The monoisotopic (exact) mass is 318 g/mol. The Kier molecular flexibility index (Phi) is 5.88. The van der Waals surface area contributed by atoms with Crippen LogP contribution in [0.4, 0.5) is 0 Å². The van der Waals surface area contributed by atoms with Crippen LogP contribution >= 0.6 is 12.4 Å². The number of fused-ring (bicyclic) bond motifs is 1. The minimum absolute atomic E-state index is 0. The van der Waals surface area contributed by atoms with Gasteiger partial charge in [-0.15, -0.1) is 12.4 Å². The second-order valence-corrected chi connectivity index (χ2v) is 6.47. The summed E-state index contributed by atoms with van der Waals surface area (Å²) in [5.41, 5.74) is 5.50. The van der Waals surface area contributed by atoms with Crippen LogP contribution in [0, 0.1) is 11.3 Å². The molecule has 0 spiro atoms. The van der Waals surface area contributed by atoms with E-state index in [0.717, 1.165) is 45.1 Å². The molecule has 2 aliphatic heterocycles. The first-order valence-electron chi connectivity index (χ1n) is 7.95. The van der Waals surface area contributed by atoms with Gasteiger partial charge in [0.15, 0.2) is 0 Å². The van der Waals surface area contributed by atoms with Crippen LogP contribution < -0.4 is 11.1 Å². The van der Waals surface area contributed by atoms with Crippen molar-refractivity contribution in [3.63, 3.8) is 0 Å². The lowest BCUT2D eigenvalue weighted by atomic mass is 9.77. The number of rotatable bonds is 3. The summed E-state index contributed by atoms with van der Waals surface area (Å²) >= 11 is 0. The Morgan fingerprint density at radius 1 is 1.19 bits per heavy atom. The smallest absolute Gasteiger partial charge is 0.227 e. The van der Waals surface area contributed by atoms with Crippen LogP contribution in [0.25, 0.3) is 0 Å². The van der Waals surface area contributed by atoms with Crippen LogP contribution in [0.5, 0.6) is 0 Å². The van der Waals surface area contributed by atoms with Gasteiger partial charge in [-0.1, -0.05) is 0 Å². The number of hydrogen-bond acceptors (Lipinski definition) is 4. The molecule has 5 nitrogen and oxygen atoms in total. The van der Waals surface area contributed by atoms with Gasteiger partial charge in [0.1, 0.15) is 0 Å². The van der Waals surface area contributed by atoms with E-state index < -0.39 is 5.41 Å². The fraction of sp³-hybridized carbons (Fsp3) is 0.933. The molecule has 21 heavy (non-hydrogen) atoms. The molecule has 6 heteroatoms. The van der Waals surface area contributed by atoms with Gasteiger partial charge in [-0.2, -0.15) is 0 Å². The maximum Gasteiger partial charge on any atom is 0.227 e. The third-order valence-corrected chi connectivity index (χ3v) is 5.42. The fourth-order valence-electron chi connectivity index (χ4n) is 3.96. The Balaban J connectivity index is 0.00000161. The van der Waals surface area contributed by atoms with Crippen molar-refractivity contribution in [3.8, 4) is 0 Å². The van der Waals surface area contributed by atoms with E-state index in [2.05, 4.69) is 5.32 Å². The van der Waals surface area contributed by atoms with Crippen molar-refractivity contribution >= 4 is 18.3 Å². The minimum Gasteiger partial charge on any atom is -0.381 e. The standard InChI is InChI=1S/C15H26N2O3.ClH/c16-10-15(5-8-19-9-6-15)14(18)17-12-2-1-3-13-11(12)4-7-20-13;/h11-13H,1-10,16H2,(H,17,18);1H. The lowest BCUT2D eigenvalue weighted by Crippen LogP contribution is -2.54. The largest absolute Gasteiger partial charge is 0.381 e. The Bertz CT molecular complexity index is 361. The number of halogens is 1. The molecule has 122 valence electrons. The van der Waals surface area contributed by atoms with Gasteiger partial charge in [-0.05, 0) is 38.5 Å². The van der Waals surface area contributed by atoms with Crippen molar-refractivity contribution in [2.75, 3.05) is 26.4 Å². The fourth-order valence-corrected chi connectivity index (χ4v) is 3.96. The topological polar surface area (TPSA) is 73.6 Å². The number of ether oxygens (including phenoxy) is 2. The Morgan fingerprint density at radius 3 is 2.67 bits per heavy atom. The van der Waals surface area contributed by atoms with Gasteiger partial charge < -0.3 is 20.5 Å². The highest BCUT2D eigenvalue weighted by molar-refractivity contribution is 5.85. The van der Waals surface area contributed by atoms with Crippen LogP contribution in [0.1, 0.15) is 38.5 Å². The van der Waals surface area contributed by atoms with E-state index >= 15 is 0 Å². The normalized spacial score (nSPS) is 34.6. The molecular formula is C15H27ClN2O3. The van der Waals surface area contributed by atoms with Crippen molar-refractivity contribution in [3.05, 3.63) is 0 Å². The van der Waals surface area contributed by atoms with E-state index in [4.69, 9.17) is 15.2 Å². The Morgan fingerprint density at radius 2 is 1.95 bits per heavy atom. The molecule has 1 aliphatic carbocycles. The second kappa shape index (κ2) is 7.27. The van der Waals surface area contributed by atoms with Crippen molar-refractivity contribution in [2.45, 2.75) is 50.7 Å². The molecule has 0 aromatic rings. The average molecular weight is 319 g/mol. The number of nitrogens with two attached hydrogens (primary N) is 1. The van der Waals surface area contributed by atoms with E-state index in [9.17, 15) is 4.79 Å². The zero-order valence-corrected chi connectivity index (χ0v) is 13.3. The van der Waals surface area contributed by atoms with E-state index in [-0.39, 0.29) is 24.4 Å². The predicted octanol–water partition coefficient (Wildman–Crippen LogP) is 1.24. The summed E-state index contributed by atoms with van der Waals surface area (Å²) in [5.74, 6) is 0.642. The molecule has 0 aromatic carbocycles. The van der Waals surface area contributed by atoms with Crippen molar-refractivity contribution < 1.29 is 14.3 Å². The van der Waals surface area contributed by atoms with E-state index in [1.807, 2.05) is 0 Å². The molecule has 3 unspecified atom stereocenters. The summed E-state index contributed by atoms with van der Waals surface area (Å²) in [6, 6.07) is 0.273. The summed E-state index contributed by atoms with van der Waals surface area (Å²) < 4.78 is 11.2. The van der Waals surface area contributed by atoms with Crippen LogP contribution in [0.15, 0.2) is 0 Å². The molecular weight excluding hydrogens is 292 g/mol. The van der Waals surface area contributed by atoms with Gasteiger partial charge in [0, 0.05) is 38.3 Å². The summed E-state index contributed by atoms with van der Waals surface area (Å²) in [4.78, 5) is 12.7. The second-order valence-electron chi connectivity index (χ2n) is 6.47. The van der Waals surface area contributed by atoms with E-state index in [1.54, 1.807) is 0 Å². The zero-order chi connectivity index (χ0) is 14.0. The van der Waals surface area contributed by atoms with Crippen molar-refractivity contribution in [1.82, 2.24) is 5.32 Å². The number of carbonyl (C=O) groups excluding carboxylic acids is 1. The molecule has 3 fully saturated rings. The minimum atomic E-state index is -0.412.